The van der Waals surface area contributed by atoms with Gasteiger partial charge in [-0.25, -0.2) is 0 Å². The third kappa shape index (κ3) is 6.57. The van der Waals surface area contributed by atoms with E-state index < -0.39 is 0 Å². The van der Waals surface area contributed by atoms with Gasteiger partial charge in [0.05, 0.1) is 0 Å². The van der Waals surface area contributed by atoms with E-state index in [2.05, 4.69) is 38.1 Å². The standard InChI is InChI=1S/C14H27N/c1-5-8-9-12-14(15-4)13(10-6-2)11-7-3/h13-15H,6-7,9-12H2,1-4H3. The smallest absolute Gasteiger partial charge is 0.0103 e. The van der Waals surface area contributed by atoms with Crippen LogP contribution in [0.2, 0.25) is 0 Å². The van der Waals surface area contributed by atoms with Gasteiger partial charge in [-0.3, -0.25) is 0 Å². The molecule has 1 nitrogen and oxygen atoms in total. The van der Waals surface area contributed by atoms with E-state index in [1.54, 1.807) is 0 Å². The maximum atomic E-state index is 3.46. The van der Waals surface area contributed by atoms with E-state index in [-0.39, 0.29) is 0 Å². The van der Waals surface area contributed by atoms with Crippen LogP contribution in [-0.4, -0.2) is 13.1 Å². The normalized spacial score (nSPS) is 12.3. The molecule has 0 aliphatic heterocycles. The molecule has 1 atom stereocenters. The van der Waals surface area contributed by atoms with Gasteiger partial charge in [0.25, 0.3) is 0 Å². The maximum absolute atomic E-state index is 3.46. The molecule has 0 saturated carbocycles. The topological polar surface area (TPSA) is 12.0 Å². The maximum Gasteiger partial charge on any atom is 0.0103 e. The Morgan fingerprint density at radius 2 is 1.67 bits per heavy atom. The Bertz CT molecular complexity index is 181. The molecule has 0 aliphatic carbocycles. The summed E-state index contributed by atoms with van der Waals surface area (Å²) in [7, 11) is 2.09. The molecular formula is C14H27N. The SMILES string of the molecule is CC#CCCC(NC)C(CCC)CCC. The lowest BCUT2D eigenvalue weighted by molar-refractivity contribution is 0.312. The van der Waals surface area contributed by atoms with Gasteiger partial charge in [-0.2, -0.15) is 0 Å². The fourth-order valence-corrected chi connectivity index (χ4v) is 2.26. The first-order chi connectivity index (χ1) is 7.29. The quantitative estimate of drug-likeness (QED) is 0.602. The zero-order valence-corrected chi connectivity index (χ0v) is 10.9. The fraction of sp³-hybridized carbons (Fsp3) is 0.857. The van der Waals surface area contributed by atoms with Crippen LogP contribution in [0.4, 0.5) is 0 Å². The van der Waals surface area contributed by atoms with Crippen molar-refractivity contribution in [1.82, 2.24) is 5.32 Å². The van der Waals surface area contributed by atoms with Crippen molar-refractivity contribution in [1.29, 1.82) is 0 Å². The van der Waals surface area contributed by atoms with Gasteiger partial charge in [0, 0.05) is 12.5 Å². The van der Waals surface area contributed by atoms with E-state index in [0.29, 0.717) is 6.04 Å². The predicted molar refractivity (Wildman–Crippen MR) is 68.8 cm³/mol. The van der Waals surface area contributed by atoms with Crippen LogP contribution in [0.25, 0.3) is 0 Å². The first-order valence-electron chi connectivity index (χ1n) is 6.36. The lowest BCUT2D eigenvalue weighted by Gasteiger charge is -2.25. The Balaban J connectivity index is 4.08. The van der Waals surface area contributed by atoms with E-state index in [1.807, 2.05) is 6.92 Å². The molecule has 0 fully saturated rings. The van der Waals surface area contributed by atoms with Crippen LogP contribution in [0.1, 0.15) is 59.3 Å². The molecule has 0 bridgehead atoms. The summed E-state index contributed by atoms with van der Waals surface area (Å²) in [6, 6.07) is 0.658. The van der Waals surface area contributed by atoms with Crippen LogP contribution < -0.4 is 5.32 Å². The Labute approximate surface area is 96.0 Å². The lowest BCUT2D eigenvalue weighted by atomic mass is 9.88. The van der Waals surface area contributed by atoms with Gasteiger partial charge in [-0.15, -0.1) is 11.8 Å². The second-order valence-electron chi connectivity index (χ2n) is 4.20. The summed E-state index contributed by atoms with van der Waals surface area (Å²) in [4.78, 5) is 0. The third-order valence-corrected chi connectivity index (χ3v) is 3.02. The van der Waals surface area contributed by atoms with E-state index >= 15 is 0 Å². The zero-order valence-electron chi connectivity index (χ0n) is 10.9. The van der Waals surface area contributed by atoms with E-state index in [4.69, 9.17) is 0 Å². The molecule has 0 aromatic rings. The third-order valence-electron chi connectivity index (χ3n) is 3.02. The highest BCUT2D eigenvalue weighted by Gasteiger charge is 2.17. The van der Waals surface area contributed by atoms with Crippen LogP contribution in [0.15, 0.2) is 0 Å². The minimum atomic E-state index is 0.658. The second kappa shape index (κ2) is 10.1. The lowest BCUT2D eigenvalue weighted by Crippen LogP contribution is -2.33. The van der Waals surface area contributed by atoms with Gasteiger partial charge >= 0.3 is 0 Å². The number of nitrogens with one attached hydrogen (secondary N) is 1. The van der Waals surface area contributed by atoms with Gasteiger partial charge in [0.15, 0.2) is 0 Å². The van der Waals surface area contributed by atoms with Crippen molar-refractivity contribution in [3.63, 3.8) is 0 Å². The Morgan fingerprint density at radius 1 is 1.07 bits per heavy atom. The average molecular weight is 209 g/mol. The summed E-state index contributed by atoms with van der Waals surface area (Å²) in [5.74, 6) is 6.97. The average Bonchev–Trinajstić information content (AvgIpc) is 2.24. The van der Waals surface area contributed by atoms with Gasteiger partial charge in [-0.1, -0.05) is 26.7 Å². The van der Waals surface area contributed by atoms with E-state index in [9.17, 15) is 0 Å². The van der Waals surface area contributed by atoms with Crippen LogP contribution in [0.5, 0.6) is 0 Å². The molecule has 0 spiro atoms. The first-order valence-corrected chi connectivity index (χ1v) is 6.36. The molecule has 1 N–H and O–H groups in total. The molecule has 0 heterocycles. The number of hydrogen-bond acceptors (Lipinski definition) is 1. The molecule has 1 unspecified atom stereocenters. The molecule has 0 aromatic heterocycles. The largest absolute Gasteiger partial charge is 0.317 e. The van der Waals surface area contributed by atoms with Crippen molar-refractivity contribution in [3.8, 4) is 11.8 Å². The highest BCUT2D eigenvalue weighted by molar-refractivity contribution is 4.96. The summed E-state index contributed by atoms with van der Waals surface area (Å²) in [6.45, 7) is 6.48. The molecule has 15 heavy (non-hydrogen) atoms. The van der Waals surface area contributed by atoms with Crippen LogP contribution in [0, 0.1) is 17.8 Å². The zero-order chi connectivity index (χ0) is 11.5. The van der Waals surface area contributed by atoms with Crippen molar-refractivity contribution in [2.24, 2.45) is 5.92 Å². The van der Waals surface area contributed by atoms with Crippen molar-refractivity contribution in [2.75, 3.05) is 7.05 Å². The van der Waals surface area contributed by atoms with E-state index in [0.717, 1.165) is 12.3 Å². The predicted octanol–water partition coefficient (Wildman–Crippen LogP) is 3.59. The highest BCUT2D eigenvalue weighted by Crippen LogP contribution is 2.20. The Hall–Kier alpha value is -0.480. The molecule has 0 aromatic carbocycles. The highest BCUT2D eigenvalue weighted by atomic mass is 14.9. The molecule has 0 aliphatic rings. The molecular weight excluding hydrogens is 182 g/mol. The van der Waals surface area contributed by atoms with Crippen LogP contribution in [0.3, 0.4) is 0 Å². The van der Waals surface area contributed by atoms with Gasteiger partial charge < -0.3 is 5.32 Å². The summed E-state index contributed by atoms with van der Waals surface area (Å²) >= 11 is 0. The molecule has 0 radical (unpaired) electrons. The Kier molecular flexibility index (Phi) is 9.73. The summed E-state index contributed by atoms with van der Waals surface area (Å²) in [5, 5.41) is 3.46. The molecule has 0 rings (SSSR count). The number of hydrogen-bond donors (Lipinski definition) is 1. The molecule has 0 amide bonds. The van der Waals surface area contributed by atoms with Crippen molar-refractivity contribution in [3.05, 3.63) is 0 Å². The van der Waals surface area contributed by atoms with Gasteiger partial charge in [-0.05, 0) is 39.2 Å². The minimum absolute atomic E-state index is 0.658. The van der Waals surface area contributed by atoms with E-state index in [1.165, 1.54) is 32.1 Å². The Morgan fingerprint density at radius 3 is 2.07 bits per heavy atom. The summed E-state index contributed by atoms with van der Waals surface area (Å²) in [6.07, 6.45) is 7.51. The second-order valence-corrected chi connectivity index (χ2v) is 4.20. The molecule has 1 heteroatoms. The number of rotatable bonds is 8. The first kappa shape index (κ1) is 14.5. The van der Waals surface area contributed by atoms with Crippen LogP contribution >= 0.6 is 0 Å². The summed E-state index contributed by atoms with van der Waals surface area (Å²) in [5.41, 5.74) is 0. The van der Waals surface area contributed by atoms with Crippen molar-refractivity contribution >= 4 is 0 Å². The molecule has 0 saturated heterocycles. The monoisotopic (exact) mass is 209 g/mol. The van der Waals surface area contributed by atoms with Crippen molar-refractivity contribution < 1.29 is 0 Å². The van der Waals surface area contributed by atoms with Crippen LogP contribution in [-0.2, 0) is 0 Å². The summed E-state index contributed by atoms with van der Waals surface area (Å²) < 4.78 is 0. The fourth-order valence-electron chi connectivity index (χ4n) is 2.26. The minimum Gasteiger partial charge on any atom is -0.317 e. The van der Waals surface area contributed by atoms with Gasteiger partial charge in [0.1, 0.15) is 0 Å². The molecule has 88 valence electrons. The van der Waals surface area contributed by atoms with Gasteiger partial charge in [0.2, 0.25) is 0 Å². The van der Waals surface area contributed by atoms with Crippen molar-refractivity contribution in [2.45, 2.75) is 65.3 Å².